The number of hydrogen-bond donors (Lipinski definition) is 2. The van der Waals surface area contributed by atoms with Gasteiger partial charge in [-0.2, -0.15) is 0 Å². The first-order valence-electron chi connectivity index (χ1n) is 7.20. The zero-order valence-corrected chi connectivity index (χ0v) is 13.5. The van der Waals surface area contributed by atoms with Crippen molar-refractivity contribution in [1.82, 2.24) is 5.32 Å². The van der Waals surface area contributed by atoms with Gasteiger partial charge >= 0.3 is 11.9 Å². The van der Waals surface area contributed by atoms with E-state index in [0.717, 1.165) is 19.4 Å². The van der Waals surface area contributed by atoms with Gasteiger partial charge in [0.25, 0.3) is 0 Å². The summed E-state index contributed by atoms with van der Waals surface area (Å²) in [5.41, 5.74) is 5.28. The number of hydrogen-bond acceptors (Lipinski definition) is 6. The second-order valence-electron chi connectivity index (χ2n) is 5.77. The molecule has 0 aromatic rings. The van der Waals surface area contributed by atoms with Crippen molar-refractivity contribution < 1.29 is 19.1 Å². The lowest BCUT2D eigenvalue weighted by Crippen LogP contribution is -2.37. The Kier molecular flexibility index (Phi) is 9.65. The Hall–Kier alpha value is -1.40. The Morgan fingerprint density at radius 2 is 1.95 bits per heavy atom. The minimum absolute atomic E-state index is 0.350. The highest BCUT2D eigenvalue weighted by Crippen LogP contribution is 2.10. The smallest absolute Gasteiger partial charge is 0.330 e. The summed E-state index contributed by atoms with van der Waals surface area (Å²) in [7, 11) is 1.34. The topological polar surface area (TPSA) is 90.6 Å². The number of nitrogens with one attached hydrogen (secondary N) is 1. The van der Waals surface area contributed by atoms with Crippen LogP contribution >= 0.6 is 0 Å². The maximum absolute atomic E-state index is 11.6. The molecule has 6 heteroatoms. The van der Waals surface area contributed by atoms with Crippen molar-refractivity contribution in [3.63, 3.8) is 0 Å². The molecule has 122 valence electrons. The number of carbonyl (C=O) groups excluding carboxylic acids is 2. The van der Waals surface area contributed by atoms with Gasteiger partial charge in [-0.3, -0.25) is 4.79 Å². The Balaban J connectivity index is 3.61. The molecule has 0 aliphatic heterocycles. The van der Waals surface area contributed by atoms with Gasteiger partial charge in [-0.25, -0.2) is 4.79 Å². The lowest BCUT2D eigenvalue weighted by Gasteiger charge is -2.22. The van der Waals surface area contributed by atoms with E-state index in [-0.39, 0.29) is 11.9 Å². The van der Waals surface area contributed by atoms with Crippen molar-refractivity contribution >= 4 is 11.9 Å². The van der Waals surface area contributed by atoms with Crippen LogP contribution in [0.1, 0.15) is 40.0 Å². The largest absolute Gasteiger partial charge is 0.466 e. The standard InChI is InChI=1S/C15H28N2O4/c1-15(2,3)21-14(19)12(16)8-5-6-10-17-11-7-9-13(18)20-4/h7,9,12,17H,5-6,8,10-11,16H2,1-4H3/b9-7+/t12-/m0/s1. The number of rotatable bonds is 9. The quantitative estimate of drug-likeness (QED) is 0.377. The molecule has 0 rings (SSSR count). The average Bonchev–Trinajstić information content (AvgIpc) is 2.39. The summed E-state index contributed by atoms with van der Waals surface area (Å²) in [5.74, 6) is -0.711. The van der Waals surface area contributed by atoms with E-state index in [1.807, 2.05) is 20.8 Å². The first-order valence-corrected chi connectivity index (χ1v) is 7.20. The van der Waals surface area contributed by atoms with Gasteiger partial charge in [0.05, 0.1) is 7.11 Å². The van der Waals surface area contributed by atoms with Crippen molar-refractivity contribution in [1.29, 1.82) is 0 Å². The Bertz CT molecular complexity index is 348. The van der Waals surface area contributed by atoms with Gasteiger partial charge in [-0.15, -0.1) is 0 Å². The minimum atomic E-state index is -0.566. The summed E-state index contributed by atoms with van der Waals surface area (Å²) in [6.45, 7) is 6.87. The van der Waals surface area contributed by atoms with E-state index in [1.54, 1.807) is 6.08 Å². The fourth-order valence-electron chi connectivity index (χ4n) is 1.52. The molecule has 0 bridgehead atoms. The van der Waals surface area contributed by atoms with E-state index in [2.05, 4.69) is 10.1 Å². The number of ether oxygens (including phenoxy) is 2. The molecule has 0 aliphatic rings. The zero-order chi connectivity index (χ0) is 16.3. The van der Waals surface area contributed by atoms with E-state index in [0.29, 0.717) is 13.0 Å². The van der Waals surface area contributed by atoms with Gasteiger partial charge in [0.1, 0.15) is 11.6 Å². The maximum atomic E-state index is 11.6. The van der Waals surface area contributed by atoms with Crippen molar-refractivity contribution in [3.05, 3.63) is 12.2 Å². The molecule has 0 unspecified atom stereocenters. The molecule has 0 aliphatic carbocycles. The monoisotopic (exact) mass is 300 g/mol. The third kappa shape index (κ3) is 12.1. The van der Waals surface area contributed by atoms with Crippen LogP contribution in [0.3, 0.4) is 0 Å². The lowest BCUT2D eigenvalue weighted by atomic mass is 10.1. The van der Waals surface area contributed by atoms with E-state index in [4.69, 9.17) is 10.5 Å². The molecule has 3 N–H and O–H groups in total. The van der Waals surface area contributed by atoms with Gasteiger partial charge in [0.15, 0.2) is 0 Å². The van der Waals surface area contributed by atoms with Crippen LogP contribution in [0, 0.1) is 0 Å². The Labute approximate surface area is 127 Å². The first-order chi connectivity index (χ1) is 9.76. The summed E-state index contributed by atoms with van der Waals surface area (Å²) in [6, 6.07) is -0.566. The number of carbonyl (C=O) groups is 2. The molecule has 0 aromatic carbocycles. The van der Waals surface area contributed by atoms with Crippen LogP contribution in [0.5, 0.6) is 0 Å². The highest BCUT2D eigenvalue weighted by Gasteiger charge is 2.21. The SMILES string of the molecule is COC(=O)/C=C/CNCCCC[C@H](N)C(=O)OC(C)(C)C. The summed E-state index contributed by atoms with van der Waals surface area (Å²) in [4.78, 5) is 22.4. The van der Waals surface area contributed by atoms with Crippen LogP contribution in [0.2, 0.25) is 0 Å². The molecule has 1 atom stereocenters. The third-order valence-electron chi connectivity index (χ3n) is 2.55. The predicted octanol–water partition coefficient (Wildman–Crippen LogP) is 1.14. The van der Waals surface area contributed by atoms with Crippen LogP contribution in [-0.2, 0) is 19.1 Å². The molecule has 6 nitrogen and oxygen atoms in total. The van der Waals surface area contributed by atoms with Crippen molar-refractivity contribution in [2.24, 2.45) is 5.73 Å². The highest BCUT2D eigenvalue weighted by molar-refractivity contribution is 5.81. The zero-order valence-electron chi connectivity index (χ0n) is 13.5. The maximum Gasteiger partial charge on any atom is 0.330 e. The number of esters is 2. The average molecular weight is 300 g/mol. The van der Waals surface area contributed by atoms with E-state index in [1.165, 1.54) is 13.2 Å². The fourth-order valence-corrected chi connectivity index (χ4v) is 1.52. The first kappa shape index (κ1) is 19.6. The van der Waals surface area contributed by atoms with Crippen LogP contribution in [0.15, 0.2) is 12.2 Å². The van der Waals surface area contributed by atoms with Gasteiger partial charge in [0, 0.05) is 12.6 Å². The van der Waals surface area contributed by atoms with Crippen LogP contribution in [0.4, 0.5) is 0 Å². The molecular weight excluding hydrogens is 272 g/mol. The normalized spacial score (nSPS) is 13.2. The second-order valence-corrected chi connectivity index (χ2v) is 5.77. The van der Waals surface area contributed by atoms with Crippen molar-refractivity contribution in [3.8, 4) is 0 Å². The summed E-state index contributed by atoms with van der Waals surface area (Å²) in [5, 5.41) is 3.15. The molecule has 0 saturated carbocycles. The van der Waals surface area contributed by atoms with Crippen molar-refractivity contribution in [2.45, 2.75) is 51.7 Å². The molecule has 0 radical (unpaired) electrons. The number of unbranched alkanes of at least 4 members (excludes halogenated alkanes) is 1. The van der Waals surface area contributed by atoms with Crippen molar-refractivity contribution in [2.75, 3.05) is 20.2 Å². The molecule has 21 heavy (non-hydrogen) atoms. The summed E-state index contributed by atoms with van der Waals surface area (Å²) >= 11 is 0. The lowest BCUT2D eigenvalue weighted by molar-refractivity contribution is -0.156. The predicted molar refractivity (Wildman–Crippen MR) is 81.7 cm³/mol. The molecule has 0 aromatic heterocycles. The highest BCUT2D eigenvalue weighted by atomic mass is 16.6. The number of methoxy groups -OCH3 is 1. The Morgan fingerprint density at radius 3 is 2.52 bits per heavy atom. The molecule has 0 heterocycles. The summed E-state index contributed by atoms with van der Waals surface area (Å²) in [6.07, 6.45) is 5.44. The minimum Gasteiger partial charge on any atom is -0.466 e. The van der Waals surface area contributed by atoms with E-state index >= 15 is 0 Å². The van der Waals surface area contributed by atoms with Crippen LogP contribution in [0.25, 0.3) is 0 Å². The van der Waals surface area contributed by atoms with Crippen LogP contribution in [-0.4, -0.2) is 43.8 Å². The fraction of sp³-hybridized carbons (Fsp3) is 0.733. The molecule has 0 spiro atoms. The third-order valence-corrected chi connectivity index (χ3v) is 2.55. The molecule has 0 amide bonds. The molecule has 0 saturated heterocycles. The van der Waals surface area contributed by atoms with Gasteiger partial charge in [-0.1, -0.05) is 12.5 Å². The van der Waals surface area contributed by atoms with E-state index < -0.39 is 11.6 Å². The second kappa shape index (κ2) is 10.3. The van der Waals surface area contributed by atoms with Gasteiger partial charge in [0.2, 0.25) is 0 Å². The number of nitrogens with two attached hydrogens (primary N) is 1. The molecule has 0 fully saturated rings. The Morgan fingerprint density at radius 1 is 1.29 bits per heavy atom. The van der Waals surface area contributed by atoms with Crippen LogP contribution < -0.4 is 11.1 Å². The summed E-state index contributed by atoms with van der Waals surface area (Å²) < 4.78 is 9.68. The van der Waals surface area contributed by atoms with E-state index in [9.17, 15) is 9.59 Å². The van der Waals surface area contributed by atoms with Gasteiger partial charge < -0.3 is 20.5 Å². The van der Waals surface area contributed by atoms with Gasteiger partial charge in [-0.05, 0) is 40.2 Å². The molecular formula is C15H28N2O4.